The predicted molar refractivity (Wildman–Crippen MR) is 120 cm³/mol. The van der Waals surface area contributed by atoms with Crippen molar-refractivity contribution in [2.45, 2.75) is 39.3 Å². The van der Waals surface area contributed by atoms with Gasteiger partial charge in [-0.1, -0.05) is 50.2 Å². The molecule has 7 heteroatoms. The van der Waals surface area contributed by atoms with Crippen LogP contribution >= 0.6 is 0 Å². The third-order valence-corrected chi connectivity index (χ3v) is 5.24. The first kappa shape index (κ1) is 23.3. The van der Waals surface area contributed by atoms with Crippen LogP contribution in [0.3, 0.4) is 0 Å². The molecule has 1 N–H and O–H groups in total. The fourth-order valence-corrected chi connectivity index (χ4v) is 3.41. The lowest BCUT2D eigenvalue weighted by molar-refractivity contribution is -0.148. The minimum Gasteiger partial charge on any atom is -0.494 e. The maximum Gasteiger partial charge on any atom is 0.308 e. The Kier molecular flexibility index (Phi) is 8.25. The molecule has 32 heavy (non-hydrogen) atoms. The lowest BCUT2D eigenvalue weighted by Crippen LogP contribution is -2.57. The zero-order valence-corrected chi connectivity index (χ0v) is 18.6. The van der Waals surface area contributed by atoms with Crippen LogP contribution in [-0.4, -0.2) is 48.4 Å². The van der Waals surface area contributed by atoms with Crippen molar-refractivity contribution in [3.05, 3.63) is 65.7 Å². The van der Waals surface area contributed by atoms with Crippen LogP contribution in [0, 0.1) is 5.92 Å². The molecule has 1 unspecified atom stereocenters. The molecule has 2 aromatic rings. The van der Waals surface area contributed by atoms with Crippen molar-refractivity contribution in [3.63, 3.8) is 0 Å². The van der Waals surface area contributed by atoms with Gasteiger partial charge in [0.15, 0.2) is 0 Å². The standard InChI is InChI=1S/C25H30N2O5/c1-18(2)11-14-31-21-10-6-9-20(15-21)25(30)27-13-12-26-24(29)22(27)16-23(28)32-17-19-7-4-3-5-8-19/h3-10,15,18,22H,11-14,16-17H2,1-2H3,(H,26,29). The van der Waals surface area contributed by atoms with Crippen LogP contribution < -0.4 is 10.1 Å². The highest BCUT2D eigenvalue weighted by Crippen LogP contribution is 2.19. The summed E-state index contributed by atoms with van der Waals surface area (Å²) in [6.07, 6.45) is 0.715. The average molecular weight is 439 g/mol. The van der Waals surface area contributed by atoms with Crippen molar-refractivity contribution < 1.29 is 23.9 Å². The van der Waals surface area contributed by atoms with Crippen LogP contribution in [0.4, 0.5) is 0 Å². The van der Waals surface area contributed by atoms with Crippen molar-refractivity contribution in [3.8, 4) is 5.75 Å². The highest BCUT2D eigenvalue weighted by molar-refractivity contribution is 5.99. The Morgan fingerprint density at radius 2 is 1.91 bits per heavy atom. The zero-order chi connectivity index (χ0) is 22.9. The van der Waals surface area contributed by atoms with Gasteiger partial charge in [-0.05, 0) is 36.1 Å². The monoisotopic (exact) mass is 438 g/mol. The van der Waals surface area contributed by atoms with Gasteiger partial charge in [-0.25, -0.2) is 0 Å². The van der Waals surface area contributed by atoms with Crippen LogP contribution in [0.25, 0.3) is 0 Å². The van der Waals surface area contributed by atoms with E-state index in [1.54, 1.807) is 24.3 Å². The van der Waals surface area contributed by atoms with E-state index in [2.05, 4.69) is 19.2 Å². The second-order valence-corrected chi connectivity index (χ2v) is 8.21. The molecule has 170 valence electrons. The fraction of sp³-hybridized carbons (Fsp3) is 0.400. The van der Waals surface area contributed by atoms with E-state index in [0.717, 1.165) is 12.0 Å². The Hall–Kier alpha value is -3.35. The number of ether oxygens (including phenoxy) is 2. The van der Waals surface area contributed by atoms with Gasteiger partial charge in [0.25, 0.3) is 5.91 Å². The van der Waals surface area contributed by atoms with Crippen molar-refractivity contribution >= 4 is 17.8 Å². The maximum atomic E-state index is 13.2. The number of benzene rings is 2. The normalized spacial score (nSPS) is 15.9. The molecular weight excluding hydrogens is 408 g/mol. The van der Waals surface area contributed by atoms with E-state index in [9.17, 15) is 14.4 Å². The molecule has 2 aromatic carbocycles. The number of nitrogens with zero attached hydrogens (tertiary/aromatic N) is 1. The Bertz CT molecular complexity index is 929. The Morgan fingerprint density at radius 1 is 1.12 bits per heavy atom. The van der Waals surface area contributed by atoms with Gasteiger partial charge < -0.3 is 19.7 Å². The Balaban J connectivity index is 1.64. The van der Waals surface area contributed by atoms with Gasteiger partial charge in [0, 0.05) is 18.7 Å². The number of carbonyl (C=O) groups is 3. The number of rotatable bonds is 9. The highest BCUT2D eigenvalue weighted by Gasteiger charge is 2.35. The number of carbonyl (C=O) groups excluding carboxylic acids is 3. The molecule has 3 rings (SSSR count). The second kappa shape index (κ2) is 11.3. The first-order valence-electron chi connectivity index (χ1n) is 10.9. The van der Waals surface area contributed by atoms with Gasteiger partial charge in [0.05, 0.1) is 13.0 Å². The topological polar surface area (TPSA) is 84.9 Å². The summed E-state index contributed by atoms with van der Waals surface area (Å²) in [4.78, 5) is 39.5. The summed E-state index contributed by atoms with van der Waals surface area (Å²) in [5, 5.41) is 2.73. The predicted octanol–water partition coefficient (Wildman–Crippen LogP) is 3.19. The molecule has 1 fully saturated rings. The van der Waals surface area contributed by atoms with Gasteiger partial charge in [0.1, 0.15) is 18.4 Å². The van der Waals surface area contributed by atoms with Crippen molar-refractivity contribution in [2.24, 2.45) is 5.92 Å². The van der Waals surface area contributed by atoms with Gasteiger partial charge in [-0.3, -0.25) is 14.4 Å². The fourth-order valence-electron chi connectivity index (χ4n) is 3.41. The summed E-state index contributed by atoms with van der Waals surface area (Å²) in [7, 11) is 0. The molecule has 0 saturated carbocycles. The van der Waals surface area contributed by atoms with Crippen molar-refractivity contribution in [1.82, 2.24) is 10.2 Å². The minimum absolute atomic E-state index is 0.123. The van der Waals surface area contributed by atoms with Gasteiger partial charge in [-0.15, -0.1) is 0 Å². The zero-order valence-electron chi connectivity index (χ0n) is 18.6. The van der Waals surface area contributed by atoms with E-state index in [1.165, 1.54) is 4.90 Å². The van der Waals surface area contributed by atoms with E-state index >= 15 is 0 Å². The lowest BCUT2D eigenvalue weighted by atomic mass is 10.1. The quantitative estimate of drug-likeness (QED) is 0.608. The summed E-state index contributed by atoms with van der Waals surface area (Å²) in [5.41, 5.74) is 1.28. The van der Waals surface area contributed by atoms with Crippen LogP contribution in [0.1, 0.15) is 42.6 Å². The molecule has 0 spiro atoms. The highest BCUT2D eigenvalue weighted by atomic mass is 16.5. The summed E-state index contributed by atoms with van der Waals surface area (Å²) in [6, 6.07) is 15.3. The lowest BCUT2D eigenvalue weighted by Gasteiger charge is -2.34. The first-order chi connectivity index (χ1) is 15.4. The van der Waals surface area contributed by atoms with Crippen molar-refractivity contribution in [1.29, 1.82) is 0 Å². The van der Waals surface area contributed by atoms with E-state index in [1.807, 2.05) is 30.3 Å². The van der Waals surface area contributed by atoms with Crippen LogP contribution in [-0.2, 0) is 20.9 Å². The number of amides is 2. The van der Waals surface area contributed by atoms with Crippen LogP contribution in [0.15, 0.2) is 54.6 Å². The molecular formula is C25H30N2O5. The van der Waals surface area contributed by atoms with Crippen LogP contribution in [0.5, 0.6) is 5.75 Å². The second-order valence-electron chi connectivity index (χ2n) is 8.21. The molecule has 7 nitrogen and oxygen atoms in total. The summed E-state index contributed by atoms with van der Waals surface area (Å²) in [6.45, 7) is 5.59. The molecule has 0 aromatic heterocycles. The number of hydrogen-bond acceptors (Lipinski definition) is 5. The molecule has 1 heterocycles. The summed E-state index contributed by atoms with van der Waals surface area (Å²) < 4.78 is 11.1. The Labute approximate surface area is 188 Å². The third-order valence-electron chi connectivity index (χ3n) is 5.24. The molecule has 2 amide bonds. The molecule has 1 saturated heterocycles. The number of nitrogens with one attached hydrogen (secondary N) is 1. The largest absolute Gasteiger partial charge is 0.494 e. The number of esters is 1. The minimum atomic E-state index is -0.912. The SMILES string of the molecule is CC(C)CCOc1cccc(C(=O)N2CCNC(=O)C2CC(=O)OCc2ccccc2)c1. The first-order valence-corrected chi connectivity index (χ1v) is 10.9. The van der Waals surface area contributed by atoms with Crippen LogP contribution in [0.2, 0.25) is 0 Å². The smallest absolute Gasteiger partial charge is 0.308 e. The molecule has 0 aliphatic carbocycles. The summed E-state index contributed by atoms with van der Waals surface area (Å²) >= 11 is 0. The molecule has 1 aliphatic rings. The third kappa shape index (κ3) is 6.57. The van der Waals surface area contributed by atoms with E-state index in [-0.39, 0.29) is 24.8 Å². The average Bonchev–Trinajstić information content (AvgIpc) is 2.79. The number of hydrogen-bond donors (Lipinski definition) is 1. The van der Waals surface area contributed by atoms with Gasteiger partial charge >= 0.3 is 5.97 Å². The van der Waals surface area contributed by atoms with E-state index < -0.39 is 12.0 Å². The van der Waals surface area contributed by atoms with E-state index in [4.69, 9.17) is 9.47 Å². The van der Waals surface area contributed by atoms with Gasteiger partial charge in [-0.2, -0.15) is 0 Å². The number of piperazine rings is 1. The summed E-state index contributed by atoms with van der Waals surface area (Å²) in [5.74, 6) is -0.0639. The van der Waals surface area contributed by atoms with E-state index in [0.29, 0.717) is 36.9 Å². The maximum absolute atomic E-state index is 13.2. The van der Waals surface area contributed by atoms with Gasteiger partial charge in [0.2, 0.25) is 5.91 Å². The van der Waals surface area contributed by atoms with Crippen molar-refractivity contribution in [2.75, 3.05) is 19.7 Å². The molecule has 0 bridgehead atoms. The Morgan fingerprint density at radius 3 is 2.66 bits per heavy atom. The molecule has 1 atom stereocenters. The molecule has 0 radical (unpaired) electrons. The molecule has 1 aliphatic heterocycles.